The predicted octanol–water partition coefficient (Wildman–Crippen LogP) is 5.94. The molecule has 2 aromatic carbocycles. The summed E-state index contributed by atoms with van der Waals surface area (Å²) >= 11 is 5.43. The number of anilines is 1. The van der Waals surface area contributed by atoms with Gasteiger partial charge < -0.3 is 5.32 Å². The molecule has 0 atom stereocenters. The van der Waals surface area contributed by atoms with Crippen LogP contribution in [0.1, 0.15) is 10.4 Å². The fourth-order valence-corrected chi connectivity index (χ4v) is 5.24. The van der Waals surface area contributed by atoms with Gasteiger partial charge in [0.1, 0.15) is 0 Å². The Labute approximate surface area is 196 Å². The lowest BCUT2D eigenvalue weighted by Crippen LogP contribution is -2.55. The van der Waals surface area contributed by atoms with Gasteiger partial charge in [-0.15, -0.1) is 0 Å². The number of alkyl halides is 7. The summed E-state index contributed by atoms with van der Waals surface area (Å²) in [6.07, 6.45) is -6.87. The largest absolute Gasteiger partial charge is 0.461 e. The van der Waals surface area contributed by atoms with Crippen LogP contribution in [-0.2, 0) is 9.84 Å². The second-order valence-corrected chi connectivity index (χ2v) is 9.82. The molecule has 2 rings (SSSR count). The maximum atomic E-state index is 13.8. The second-order valence-electron chi connectivity index (χ2n) is 6.12. The summed E-state index contributed by atoms with van der Waals surface area (Å²) in [5.41, 5.74) is -1.03. The highest BCUT2D eigenvalue weighted by Crippen LogP contribution is 2.51. The Morgan fingerprint density at radius 1 is 0.970 bits per heavy atom. The zero-order chi connectivity index (χ0) is 25.6. The average molecular weight is 632 g/mol. The molecule has 180 valence electrons. The van der Waals surface area contributed by atoms with Crippen LogP contribution in [0.15, 0.2) is 50.2 Å². The number of nitro groups is 1. The van der Waals surface area contributed by atoms with Crippen molar-refractivity contribution in [3.63, 3.8) is 0 Å². The zero-order valence-electron chi connectivity index (χ0n) is 15.3. The van der Waals surface area contributed by atoms with E-state index < -0.39 is 57.5 Å². The van der Waals surface area contributed by atoms with E-state index in [4.69, 9.17) is 0 Å². The summed E-state index contributed by atoms with van der Waals surface area (Å²) in [4.78, 5) is 20.7. The molecule has 33 heavy (non-hydrogen) atoms. The average Bonchev–Trinajstić information content (AvgIpc) is 2.69. The highest BCUT2D eigenvalue weighted by atomic mass is 79.9. The van der Waals surface area contributed by atoms with Gasteiger partial charge in [-0.25, -0.2) is 8.42 Å². The SMILES string of the molecule is O=C(Nc1c(Br)cc(S(=O)(=O)C(F)(F)C(F)(F)C(F)(F)F)cc1Br)c1cccc([N+](=O)[O-])c1. The Hall–Kier alpha value is -2.27. The Balaban J connectivity index is 2.48. The fraction of sp³-hybridized carbons (Fsp3) is 0.188. The van der Waals surface area contributed by atoms with Crippen molar-refractivity contribution in [3.8, 4) is 0 Å². The number of benzene rings is 2. The number of nitro benzene ring substituents is 1. The van der Waals surface area contributed by atoms with Crippen molar-refractivity contribution in [2.75, 3.05) is 5.32 Å². The molecule has 0 aromatic heterocycles. The summed E-state index contributed by atoms with van der Waals surface area (Å²) in [5.74, 6) is -7.89. The van der Waals surface area contributed by atoms with Crippen LogP contribution in [-0.4, -0.2) is 36.6 Å². The van der Waals surface area contributed by atoms with Crippen LogP contribution in [0.5, 0.6) is 0 Å². The molecule has 1 amide bonds. The molecular weight excluding hydrogens is 625 g/mol. The fourth-order valence-electron chi connectivity index (χ4n) is 2.25. The molecule has 0 heterocycles. The van der Waals surface area contributed by atoms with Crippen LogP contribution < -0.4 is 5.32 Å². The molecule has 0 aliphatic rings. The number of rotatable bonds is 6. The minimum atomic E-state index is -6.91. The topological polar surface area (TPSA) is 106 Å². The van der Waals surface area contributed by atoms with E-state index in [1.54, 1.807) is 0 Å². The minimum Gasteiger partial charge on any atom is -0.320 e. The summed E-state index contributed by atoms with van der Waals surface area (Å²) in [7, 11) is -6.59. The second kappa shape index (κ2) is 8.83. The summed E-state index contributed by atoms with van der Waals surface area (Å²) in [5, 5.41) is 6.41. The van der Waals surface area contributed by atoms with Crippen LogP contribution in [0.2, 0.25) is 0 Å². The van der Waals surface area contributed by atoms with E-state index in [-0.39, 0.29) is 23.4 Å². The molecule has 0 unspecified atom stereocenters. The molecule has 0 radical (unpaired) electrons. The minimum absolute atomic E-state index is 0.240. The van der Waals surface area contributed by atoms with Gasteiger partial charge in [0, 0.05) is 26.6 Å². The lowest BCUT2D eigenvalue weighted by atomic mass is 10.2. The van der Waals surface area contributed by atoms with Gasteiger partial charge in [0.2, 0.25) is 9.84 Å². The standard InChI is InChI=1S/C16H7Br2F7N2O5S/c17-10-5-9(33(31,32)16(24,25)14(19,20)15(21,22)23)6-11(18)12(10)26-13(28)7-2-1-3-8(4-7)27(29)30/h1-6H,(H,26,28). The van der Waals surface area contributed by atoms with E-state index >= 15 is 0 Å². The third kappa shape index (κ3) is 4.84. The number of carbonyl (C=O) groups is 1. The van der Waals surface area contributed by atoms with Gasteiger partial charge in [0.05, 0.1) is 15.5 Å². The number of sulfone groups is 1. The molecule has 1 N–H and O–H groups in total. The molecular formula is C16H7Br2F7N2O5S. The summed E-state index contributed by atoms with van der Waals surface area (Å²) < 4.78 is 114. The first-order valence-corrected chi connectivity index (χ1v) is 11.0. The normalized spacial score (nSPS) is 13.0. The molecule has 0 fully saturated rings. The van der Waals surface area contributed by atoms with Crippen molar-refractivity contribution in [1.29, 1.82) is 0 Å². The molecule has 0 saturated heterocycles. The van der Waals surface area contributed by atoms with Crippen LogP contribution in [0, 0.1) is 10.1 Å². The number of nitrogens with one attached hydrogen (secondary N) is 1. The van der Waals surface area contributed by atoms with Crippen LogP contribution in [0.4, 0.5) is 42.1 Å². The van der Waals surface area contributed by atoms with E-state index in [1.807, 2.05) is 0 Å². The van der Waals surface area contributed by atoms with Crippen molar-refractivity contribution in [2.45, 2.75) is 22.2 Å². The Bertz CT molecular complexity index is 1210. The van der Waals surface area contributed by atoms with Gasteiger partial charge >= 0.3 is 17.4 Å². The van der Waals surface area contributed by atoms with E-state index in [0.29, 0.717) is 0 Å². The molecule has 17 heteroatoms. The molecule has 0 bridgehead atoms. The Morgan fingerprint density at radius 3 is 1.94 bits per heavy atom. The number of amides is 1. The van der Waals surface area contributed by atoms with E-state index in [2.05, 4.69) is 37.2 Å². The first-order chi connectivity index (χ1) is 14.8. The number of hydrogen-bond acceptors (Lipinski definition) is 5. The van der Waals surface area contributed by atoms with Crippen molar-refractivity contribution < 1.29 is 48.9 Å². The Kier molecular flexibility index (Phi) is 7.22. The predicted molar refractivity (Wildman–Crippen MR) is 106 cm³/mol. The van der Waals surface area contributed by atoms with E-state index in [0.717, 1.165) is 12.1 Å². The van der Waals surface area contributed by atoms with Crippen molar-refractivity contribution in [1.82, 2.24) is 0 Å². The van der Waals surface area contributed by atoms with Crippen LogP contribution in [0.25, 0.3) is 0 Å². The molecule has 0 aliphatic heterocycles. The van der Waals surface area contributed by atoms with Gasteiger partial charge in [-0.2, -0.15) is 30.7 Å². The van der Waals surface area contributed by atoms with Crippen LogP contribution in [0.3, 0.4) is 0 Å². The molecule has 7 nitrogen and oxygen atoms in total. The van der Waals surface area contributed by atoms with Gasteiger partial charge in [0.25, 0.3) is 11.6 Å². The lowest BCUT2D eigenvalue weighted by molar-refractivity contribution is -0.384. The monoisotopic (exact) mass is 630 g/mol. The van der Waals surface area contributed by atoms with Crippen LogP contribution >= 0.6 is 31.9 Å². The third-order valence-electron chi connectivity index (χ3n) is 3.94. The quantitative estimate of drug-likeness (QED) is 0.241. The number of halogens is 9. The zero-order valence-corrected chi connectivity index (χ0v) is 19.3. The van der Waals surface area contributed by atoms with Crippen molar-refractivity contribution >= 4 is 59.0 Å². The van der Waals surface area contributed by atoms with Gasteiger partial charge in [-0.05, 0) is 50.1 Å². The number of carbonyl (C=O) groups excluding carboxylic acids is 1. The van der Waals surface area contributed by atoms with E-state index in [1.165, 1.54) is 12.1 Å². The smallest absolute Gasteiger partial charge is 0.320 e. The Morgan fingerprint density at radius 2 is 1.48 bits per heavy atom. The lowest BCUT2D eigenvalue weighted by Gasteiger charge is -2.28. The highest BCUT2D eigenvalue weighted by Gasteiger charge is 2.78. The molecule has 0 aliphatic carbocycles. The van der Waals surface area contributed by atoms with Crippen molar-refractivity contribution in [2.24, 2.45) is 0 Å². The number of nitrogens with zero attached hydrogens (tertiary/aromatic N) is 1. The maximum absolute atomic E-state index is 13.8. The van der Waals surface area contributed by atoms with Gasteiger partial charge in [0.15, 0.2) is 0 Å². The summed E-state index contributed by atoms with van der Waals surface area (Å²) in [6.45, 7) is 0. The molecule has 2 aromatic rings. The molecule has 0 saturated carbocycles. The molecule has 0 spiro atoms. The van der Waals surface area contributed by atoms with Gasteiger partial charge in [-0.3, -0.25) is 14.9 Å². The van der Waals surface area contributed by atoms with E-state index in [9.17, 15) is 54.1 Å². The van der Waals surface area contributed by atoms with Crippen molar-refractivity contribution in [3.05, 3.63) is 61.0 Å². The first-order valence-electron chi connectivity index (χ1n) is 7.96. The number of hydrogen-bond donors (Lipinski definition) is 1. The number of non-ortho nitro benzene ring substituents is 1. The summed E-state index contributed by atoms with van der Waals surface area (Å²) in [6, 6.07) is 4.88. The highest BCUT2D eigenvalue weighted by molar-refractivity contribution is 9.11. The van der Waals surface area contributed by atoms with Gasteiger partial charge in [-0.1, -0.05) is 6.07 Å². The maximum Gasteiger partial charge on any atom is 0.461 e. The third-order valence-corrected chi connectivity index (χ3v) is 6.98. The first kappa shape index (κ1) is 27.0.